The van der Waals surface area contributed by atoms with Crippen LogP contribution in [-0.2, 0) is 6.54 Å². The maximum atomic E-state index is 11.8. The molecule has 1 aromatic carbocycles. The number of urea groups is 1. The topological polar surface area (TPSA) is 67.2 Å². The van der Waals surface area contributed by atoms with Gasteiger partial charge in [0.2, 0.25) is 0 Å². The Balaban J connectivity index is 1.83. The molecule has 0 fully saturated rings. The first kappa shape index (κ1) is 15.1. The van der Waals surface area contributed by atoms with Crippen molar-refractivity contribution in [3.05, 3.63) is 51.7 Å². The van der Waals surface area contributed by atoms with Gasteiger partial charge in [0.05, 0.1) is 13.1 Å². The van der Waals surface area contributed by atoms with E-state index in [1.165, 1.54) is 0 Å². The number of nitrogens with two attached hydrogens (primary N) is 1. The summed E-state index contributed by atoms with van der Waals surface area (Å²) in [7, 11) is 0. The van der Waals surface area contributed by atoms with E-state index in [0.717, 1.165) is 21.7 Å². The third-order valence-corrected chi connectivity index (χ3v) is 3.66. The Labute approximate surface area is 128 Å². The predicted molar refractivity (Wildman–Crippen MR) is 87.3 cm³/mol. The van der Waals surface area contributed by atoms with Gasteiger partial charge in [-0.25, -0.2) is 4.79 Å². The van der Waals surface area contributed by atoms with Gasteiger partial charge in [0.1, 0.15) is 0 Å². The molecule has 0 aliphatic carbocycles. The number of carbonyl (C=O) groups is 1. The van der Waals surface area contributed by atoms with E-state index in [2.05, 4.69) is 22.5 Å². The second kappa shape index (κ2) is 7.48. The number of thiophene rings is 1. The highest BCUT2D eigenvalue weighted by Gasteiger charge is 2.03. The first-order valence-corrected chi connectivity index (χ1v) is 7.43. The molecule has 0 saturated carbocycles. The van der Waals surface area contributed by atoms with Gasteiger partial charge in [-0.1, -0.05) is 29.5 Å². The van der Waals surface area contributed by atoms with E-state index in [4.69, 9.17) is 5.73 Å². The Morgan fingerprint density at radius 3 is 2.81 bits per heavy atom. The lowest BCUT2D eigenvalue weighted by atomic mass is 10.2. The zero-order valence-electron chi connectivity index (χ0n) is 11.8. The zero-order chi connectivity index (χ0) is 15.1. The van der Waals surface area contributed by atoms with Crippen molar-refractivity contribution in [3.63, 3.8) is 0 Å². The van der Waals surface area contributed by atoms with Crippen LogP contribution >= 0.6 is 11.3 Å². The number of anilines is 1. The molecule has 0 aliphatic heterocycles. The second-order valence-corrected chi connectivity index (χ2v) is 5.48. The Kier molecular flexibility index (Phi) is 5.38. The third-order valence-electron chi connectivity index (χ3n) is 2.72. The molecule has 108 valence electrons. The van der Waals surface area contributed by atoms with Crippen molar-refractivity contribution in [3.8, 4) is 11.8 Å². The maximum absolute atomic E-state index is 11.8. The summed E-state index contributed by atoms with van der Waals surface area (Å²) in [5.74, 6) is 5.77. The van der Waals surface area contributed by atoms with Gasteiger partial charge in [-0.2, -0.15) is 0 Å². The molecule has 1 heterocycles. The van der Waals surface area contributed by atoms with Crippen molar-refractivity contribution in [1.29, 1.82) is 0 Å². The van der Waals surface area contributed by atoms with Crippen LogP contribution in [0.3, 0.4) is 0 Å². The van der Waals surface area contributed by atoms with Crippen LogP contribution in [0.4, 0.5) is 10.5 Å². The molecule has 0 atom stereocenters. The van der Waals surface area contributed by atoms with Gasteiger partial charge >= 0.3 is 6.03 Å². The highest BCUT2D eigenvalue weighted by Crippen LogP contribution is 2.13. The molecule has 4 N–H and O–H groups in total. The number of hydrogen-bond donors (Lipinski definition) is 3. The van der Waals surface area contributed by atoms with E-state index >= 15 is 0 Å². The molecule has 0 spiro atoms. The summed E-state index contributed by atoms with van der Waals surface area (Å²) in [6.07, 6.45) is 0. The van der Waals surface area contributed by atoms with Crippen molar-refractivity contribution in [2.24, 2.45) is 5.73 Å². The number of aryl methyl sites for hydroxylation is 1. The van der Waals surface area contributed by atoms with Crippen molar-refractivity contribution in [2.45, 2.75) is 13.5 Å². The largest absolute Gasteiger partial charge is 0.333 e. The van der Waals surface area contributed by atoms with Crippen LogP contribution in [0.5, 0.6) is 0 Å². The molecule has 2 aromatic rings. The molecule has 0 bridgehead atoms. The number of carbonyl (C=O) groups excluding carboxylic acids is 1. The van der Waals surface area contributed by atoms with Crippen LogP contribution in [0.1, 0.15) is 16.0 Å². The predicted octanol–water partition coefficient (Wildman–Crippen LogP) is 2.69. The fourth-order valence-electron chi connectivity index (χ4n) is 1.67. The van der Waals surface area contributed by atoms with E-state index in [9.17, 15) is 4.79 Å². The van der Waals surface area contributed by atoms with Gasteiger partial charge < -0.3 is 16.4 Å². The van der Waals surface area contributed by atoms with Crippen molar-refractivity contribution in [1.82, 2.24) is 5.32 Å². The number of nitrogens with one attached hydrogen (secondary N) is 2. The Hall–Kier alpha value is -2.29. The van der Waals surface area contributed by atoms with Crippen LogP contribution in [0.25, 0.3) is 0 Å². The zero-order valence-corrected chi connectivity index (χ0v) is 12.6. The number of benzene rings is 1. The van der Waals surface area contributed by atoms with Gasteiger partial charge in [-0.05, 0) is 25.1 Å². The van der Waals surface area contributed by atoms with E-state index in [1.54, 1.807) is 11.3 Å². The molecular formula is C16H17N3OS. The fraction of sp³-hybridized carbons (Fsp3) is 0.188. The molecule has 5 heteroatoms. The van der Waals surface area contributed by atoms with Gasteiger partial charge in [-0.3, -0.25) is 0 Å². The minimum absolute atomic E-state index is 0.221. The fourth-order valence-corrected chi connectivity index (χ4v) is 2.43. The second-order valence-electron chi connectivity index (χ2n) is 4.48. The molecule has 0 saturated heterocycles. The lowest BCUT2D eigenvalue weighted by molar-refractivity contribution is 0.252. The van der Waals surface area contributed by atoms with E-state index in [-0.39, 0.29) is 6.03 Å². The lowest BCUT2D eigenvalue weighted by Crippen LogP contribution is -2.27. The molecule has 21 heavy (non-hydrogen) atoms. The highest BCUT2D eigenvalue weighted by molar-refractivity contribution is 7.10. The average Bonchev–Trinajstić information content (AvgIpc) is 2.93. The minimum atomic E-state index is -0.221. The van der Waals surface area contributed by atoms with Crippen molar-refractivity contribution in [2.75, 3.05) is 11.9 Å². The average molecular weight is 299 g/mol. The molecule has 0 unspecified atom stereocenters. The van der Waals surface area contributed by atoms with Crippen LogP contribution < -0.4 is 16.4 Å². The summed E-state index contributed by atoms with van der Waals surface area (Å²) in [5, 5.41) is 7.57. The van der Waals surface area contributed by atoms with Gasteiger partial charge in [0.15, 0.2) is 0 Å². The highest BCUT2D eigenvalue weighted by atomic mass is 32.1. The van der Waals surface area contributed by atoms with Gasteiger partial charge in [-0.15, -0.1) is 11.3 Å². The number of rotatable bonds is 3. The summed E-state index contributed by atoms with van der Waals surface area (Å²) in [6, 6.07) is 9.40. The van der Waals surface area contributed by atoms with Gasteiger partial charge in [0, 0.05) is 21.5 Å². The molecule has 2 amide bonds. The molecule has 4 nitrogen and oxygen atoms in total. The number of amides is 2. The Bertz CT molecular complexity index is 665. The summed E-state index contributed by atoms with van der Waals surface area (Å²) < 4.78 is 0. The third kappa shape index (κ3) is 4.95. The summed E-state index contributed by atoms with van der Waals surface area (Å²) >= 11 is 1.56. The quantitative estimate of drug-likeness (QED) is 0.763. The summed E-state index contributed by atoms with van der Waals surface area (Å²) in [5.41, 5.74) is 8.20. The molecular weight excluding hydrogens is 282 g/mol. The van der Waals surface area contributed by atoms with Crippen molar-refractivity contribution >= 4 is 23.1 Å². The van der Waals surface area contributed by atoms with Crippen LogP contribution in [0, 0.1) is 18.8 Å². The standard InChI is InChI=1S/C16H17N3OS/c1-12-4-6-14(7-5-12)19-16(20)18-10-15-9-13(11-21-15)3-2-8-17/h4-7,9,11H,8,10,17H2,1H3,(H2,18,19,20). The normalized spacial score (nSPS) is 9.62. The first-order valence-electron chi connectivity index (χ1n) is 6.55. The molecule has 1 aromatic heterocycles. The Morgan fingerprint density at radius 1 is 1.33 bits per heavy atom. The van der Waals surface area contributed by atoms with E-state index in [1.807, 2.05) is 42.6 Å². The Morgan fingerprint density at radius 2 is 2.10 bits per heavy atom. The van der Waals surface area contributed by atoms with Crippen LogP contribution in [0.2, 0.25) is 0 Å². The van der Waals surface area contributed by atoms with Crippen LogP contribution in [-0.4, -0.2) is 12.6 Å². The van der Waals surface area contributed by atoms with E-state index in [0.29, 0.717) is 13.1 Å². The summed E-state index contributed by atoms with van der Waals surface area (Å²) in [6.45, 7) is 2.83. The SMILES string of the molecule is Cc1ccc(NC(=O)NCc2cc(C#CCN)cs2)cc1. The smallest absolute Gasteiger partial charge is 0.319 e. The maximum Gasteiger partial charge on any atom is 0.319 e. The monoisotopic (exact) mass is 299 g/mol. The minimum Gasteiger partial charge on any atom is -0.333 e. The lowest BCUT2D eigenvalue weighted by Gasteiger charge is -2.06. The molecule has 0 aliphatic rings. The first-order chi connectivity index (χ1) is 10.2. The number of hydrogen-bond acceptors (Lipinski definition) is 3. The van der Waals surface area contributed by atoms with Gasteiger partial charge in [0.25, 0.3) is 0 Å². The molecule has 2 rings (SSSR count). The van der Waals surface area contributed by atoms with Crippen molar-refractivity contribution < 1.29 is 4.79 Å². The van der Waals surface area contributed by atoms with E-state index < -0.39 is 0 Å². The summed E-state index contributed by atoms with van der Waals surface area (Å²) in [4.78, 5) is 12.8. The molecule has 0 radical (unpaired) electrons. The van der Waals surface area contributed by atoms with Crippen LogP contribution in [0.15, 0.2) is 35.7 Å².